The molecule has 4 N–H and O–H groups in total. The fourth-order valence-electron chi connectivity index (χ4n) is 4.38. The van der Waals surface area contributed by atoms with E-state index in [-0.39, 0.29) is 31.6 Å². The minimum Gasteiger partial charge on any atom is -0.480 e. The Balaban J connectivity index is 1.29. The third-order valence-electron chi connectivity index (χ3n) is 6.75. The first-order valence-corrected chi connectivity index (χ1v) is 16.5. The molecule has 0 saturated heterocycles. The molecule has 0 aliphatic rings. The highest BCUT2D eigenvalue weighted by atomic mass is 32.2. The lowest BCUT2D eigenvalue weighted by atomic mass is 9.93. The van der Waals surface area contributed by atoms with E-state index in [1.165, 1.54) is 11.8 Å². The molecule has 1 atom stereocenters. The van der Waals surface area contributed by atoms with Crippen molar-refractivity contribution < 1.29 is 33.8 Å². The van der Waals surface area contributed by atoms with Crippen LogP contribution >= 0.6 is 11.8 Å². The molecule has 0 aliphatic heterocycles. The third-order valence-corrected chi connectivity index (χ3v) is 7.33. The first-order valence-electron chi connectivity index (χ1n) is 15.3. The Morgan fingerprint density at radius 1 is 0.896 bits per heavy atom. The van der Waals surface area contributed by atoms with Crippen LogP contribution in [0, 0.1) is 10.8 Å². The number of hydrogen-bond donors (Lipinski definition) is 4. The van der Waals surface area contributed by atoms with Gasteiger partial charge in [-0.25, -0.2) is 14.8 Å². The number of nitrogens with zero attached hydrogens (tertiary/aromatic N) is 5. The van der Waals surface area contributed by atoms with E-state index in [0.717, 1.165) is 11.1 Å². The Bertz CT molecular complexity index is 1500. The van der Waals surface area contributed by atoms with Crippen LogP contribution in [0.25, 0.3) is 11.3 Å². The molecule has 3 amide bonds. The Morgan fingerprint density at radius 3 is 2.19 bits per heavy atom. The normalized spacial score (nSPS) is 12.3. The highest BCUT2D eigenvalue weighted by Crippen LogP contribution is 2.23. The average Bonchev–Trinajstić information content (AvgIpc) is 3.50. The van der Waals surface area contributed by atoms with Crippen molar-refractivity contribution in [2.75, 3.05) is 45.8 Å². The summed E-state index contributed by atoms with van der Waals surface area (Å²) in [6.45, 7) is 8.65. The minimum absolute atomic E-state index is 0.100. The molecule has 3 aromatic rings. The lowest BCUT2D eigenvalue weighted by Gasteiger charge is -2.28. The zero-order chi connectivity index (χ0) is 35.2. The number of carboxylic acids is 1. The summed E-state index contributed by atoms with van der Waals surface area (Å²) in [6, 6.07) is 7.72. The van der Waals surface area contributed by atoms with Crippen LogP contribution in [-0.2, 0) is 41.6 Å². The zero-order valence-corrected chi connectivity index (χ0v) is 28.7. The second-order valence-electron chi connectivity index (χ2n) is 12.8. The molecule has 2 heterocycles. The molecule has 15 nitrogen and oxygen atoms in total. The van der Waals surface area contributed by atoms with Gasteiger partial charge in [0.1, 0.15) is 18.3 Å². The van der Waals surface area contributed by atoms with Crippen molar-refractivity contribution in [3.63, 3.8) is 0 Å². The van der Waals surface area contributed by atoms with Gasteiger partial charge in [-0.05, 0) is 11.8 Å². The molecular formula is C32H44N8O7S. The SMILES string of the molecule is CSc1ncc(-c2cn(CC(C)(C)COCC(C)(C)COCC(=O)NCC(=O)NCC(=O)NC(Cc3ccccc3)C(=O)O)nn2)cn1. The number of carbonyl (C=O) groups is 4. The van der Waals surface area contributed by atoms with Gasteiger partial charge in [-0.2, -0.15) is 0 Å². The standard InChI is InChI=1S/C32H44N8O7S/c1-31(2,18-40-16-25(38-39-40)23-12-35-30(48-5)36-13-23)19-47-21-32(3,4)20-46-17-28(43)34-14-26(41)33-15-27(42)37-24(29(44)45)11-22-9-7-6-8-10-22/h6-10,12-13,16,24H,11,14-15,17-21H2,1-5H3,(H,33,41)(H,34,43)(H,37,42)(H,44,45). The van der Waals surface area contributed by atoms with Gasteiger partial charge in [0.05, 0.1) is 39.1 Å². The van der Waals surface area contributed by atoms with Crippen LogP contribution in [0.2, 0.25) is 0 Å². The van der Waals surface area contributed by atoms with E-state index < -0.39 is 41.7 Å². The van der Waals surface area contributed by atoms with Gasteiger partial charge in [0, 0.05) is 41.8 Å². The summed E-state index contributed by atoms with van der Waals surface area (Å²) in [5.74, 6) is -2.96. The van der Waals surface area contributed by atoms with E-state index in [0.29, 0.717) is 30.6 Å². The maximum absolute atomic E-state index is 12.2. The Hall–Kier alpha value is -4.41. The highest BCUT2D eigenvalue weighted by molar-refractivity contribution is 7.98. The van der Waals surface area contributed by atoms with E-state index >= 15 is 0 Å². The van der Waals surface area contributed by atoms with Gasteiger partial charge in [0.15, 0.2) is 5.16 Å². The van der Waals surface area contributed by atoms with Crippen molar-refractivity contribution in [3.05, 3.63) is 54.5 Å². The lowest BCUT2D eigenvalue weighted by Crippen LogP contribution is -2.48. The van der Waals surface area contributed by atoms with Crippen molar-refractivity contribution in [1.82, 2.24) is 40.9 Å². The number of thioether (sulfide) groups is 1. The Kier molecular flexibility index (Phi) is 14.4. The van der Waals surface area contributed by atoms with Crippen LogP contribution in [0.5, 0.6) is 0 Å². The molecular weight excluding hydrogens is 640 g/mol. The number of aliphatic carboxylic acids is 1. The maximum Gasteiger partial charge on any atom is 0.326 e. The number of ether oxygens (including phenoxy) is 2. The van der Waals surface area contributed by atoms with Gasteiger partial charge in [0.2, 0.25) is 17.7 Å². The average molecular weight is 685 g/mol. The van der Waals surface area contributed by atoms with Crippen molar-refractivity contribution in [2.24, 2.45) is 10.8 Å². The van der Waals surface area contributed by atoms with Gasteiger partial charge in [-0.1, -0.05) is 75.0 Å². The van der Waals surface area contributed by atoms with Gasteiger partial charge in [-0.3, -0.25) is 19.1 Å². The summed E-state index contributed by atoms with van der Waals surface area (Å²) >= 11 is 1.47. The van der Waals surface area contributed by atoms with Crippen LogP contribution in [0.3, 0.4) is 0 Å². The molecule has 3 rings (SSSR count). The van der Waals surface area contributed by atoms with Crippen molar-refractivity contribution in [1.29, 1.82) is 0 Å². The van der Waals surface area contributed by atoms with Crippen LogP contribution in [0.15, 0.2) is 54.1 Å². The first-order chi connectivity index (χ1) is 22.7. The number of aromatic nitrogens is 5. The largest absolute Gasteiger partial charge is 0.480 e. The van der Waals surface area contributed by atoms with Crippen LogP contribution in [0.4, 0.5) is 0 Å². The zero-order valence-electron chi connectivity index (χ0n) is 27.9. The number of rotatable bonds is 20. The van der Waals surface area contributed by atoms with E-state index in [2.05, 4.69) is 50.1 Å². The second-order valence-corrected chi connectivity index (χ2v) is 13.5. The molecule has 260 valence electrons. The van der Waals surface area contributed by atoms with E-state index in [4.69, 9.17) is 9.47 Å². The van der Waals surface area contributed by atoms with Crippen LogP contribution < -0.4 is 16.0 Å². The fourth-order valence-corrected chi connectivity index (χ4v) is 4.69. The van der Waals surface area contributed by atoms with Crippen molar-refractivity contribution >= 4 is 35.5 Å². The predicted molar refractivity (Wildman–Crippen MR) is 178 cm³/mol. The summed E-state index contributed by atoms with van der Waals surface area (Å²) in [7, 11) is 0. The van der Waals surface area contributed by atoms with Crippen molar-refractivity contribution in [2.45, 2.75) is 51.9 Å². The first kappa shape index (κ1) is 38.0. The van der Waals surface area contributed by atoms with E-state index in [1.807, 2.05) is 26.3 Å². The summed E-state index contributed by atoms with van der Waals surface area (Å²) < 4.78 is 13.4. The number of benzene rings is 1. The van der Waals surface area contributed by atoms with Gasteiger partial charge >= 0.3 is 5.97 Å². The molecule has 1 unspecified atom stereocenters. The topological polar surface area (TPSA) is 200 Å². The van der Waals surface area contributed by atoms with Gasteiger partial charge < -0.3 is 30.5 Å². The predicted octanol–water partition coefficient (Wildman–Crippen LogP) is 1.59. The Labute approximate surface area is 284 Å². The number of nitrogens with one attached hydrogen (secondary N) is 3. The molecule has 2 aromatic heterocycles. The number of carbonyl (C=O) groups excluding carboxylic acids is 3. The fraction of sp³-hybridized carbons (Fsp3) is 0.500. The van der Waals surface area contributed by atoms with E-state index in [9.17, 15) is 24.3 Å². The minimum atomic E-state index is -1.19. The molecule has 0 radical (unpaired) electrons. The van der Waals surface area contributed by atoms with Crippen LogP contribution in [-0.4, -0.2) is 106 Å². The summed E-state index contributed by atoms with van der Waals surface area (Å²) in [4.78, 5) is 56.6. The smallest absolute Gasteiger partial charge is 0.326 e. The van der Waals surface area contributed by atoms with E-state index in [1.54, 1.807) is 47.4 Å². The number of amides is 3. The molecule has 48 heavy (non-hydrogen) atoms. The second kappa shape index (κ2) is 18.2. The van der Waals surface area contributed by atoms with Gasteiger partial charge in [-0.15, -0.1) is 5.10 Å². The quantitative estimate of drug-likeness (QED) is 0.0992. The van der Waals surface area contributed by atoms with Crippen molar-refractivity contribution in [3.8, 4) is 11.3 Å². The summed E-state index contributed by atoms with van der Waals surface area (Å²) in [6.07, 6.45) is 7.32. The monoisotopic (exact) mass is 684 g/mol. The number of hydrogen-bond acceptors (Lipinski definition) is 11. The van der Waals surface area contributed by atoms with Crippen LogP contribution in [0.1, 0.15) is 33.3 Å². The summed E-state index contributed by atoms with van der Waals surface area (Å²) in [5, 5.41) is 25.8. The molecule has 0 fully saturated rings. The van der Waals surface area contributed by atoms with Gasteiger partial charge in [0.25, 0.3) is 0 Å². The highest BCUT2D eigenvalue weighted by Gasteiger charge is 2.25. The number of carboxylic acid groups (broad SMARTS) is 1. The molecule has 0 aliphatic carbocycles. The molecule has 0 spiro atoms. The molecule has 16 heteroatoms. The Morgan fingerprint density at radius 2 is 1.52 bits per heavy atom. The molecule has 0 saturated carbocycles. The third kappa shape index (κ3) is 13.8. The molecule has 0 bridgehead atoms. The molecule has 1 aromatic carbocycles. The summed E-state index contributed by atoms with van der Waals surface area (Å²) in [5.41, 5.74) is 1.59. The maximum atomic E-state index is 12.2. The lowest BCUT2D eigenvalue weighted by molar-refractivity contribution is -0.141.